The number of rotatable bonds is 7. The molecule has 26 heavy (non-hydrogen) atoms. The van der Waals surface area contributed by atoms with Crippen molar-refractivity contribution in [1.82, 2.24) is 10.6 Å². The minimum atomic E-state index is -0.491. The Morgan fingerprint density at radius 2 is 1.96 bits per heavy atom. The van der Waals surface area contributed by atoms with E-state index in [0.29, 0.717) is 35.5 Å². The van der Waals surface area contributed by atoms with Crippen LogP contribution in [-0.4, -0.2) is 37.2 Å². The lowest BCUT2D eigenvalue weighted by Gasteiger charge is -2.13. The Balaban J connectivity index is 1.97. The number of ether oxygens (including phenoxy) is 1. The van der Waals surface area contributed by atoms with E-state index in [4.69, 9.17) is 21.4 Å². The molecule has 0 saturated heterocycles. The third kappa shape index (κ3) is 5.94. The Labute approximate surface area is 164 Å². The predicted molar refractivity (Wildman–Crippen MR) is 105 cm³/mol. The van der Waals surface area contributed by atoms with Crippen LogP contribution in [0.5, 0.6) is 0 Å². The van der Waals surface area contributed by atoms with Crippen LogP contribution in [0.1, 0.15) is 27.3 Å². The summed E-state index contributed by atoms with van der Waals surface area (Å²) in [4.78, 5) is 24.3. The molecule has 7 nitrogen and oxygen atoms in total. The molecule has 0 aliphatic heterocycles. The van der Waals surface area contributed by atoms with E-state index in [1.54, 1.807) is 37.4 Å². The molecular weight excluding hydrogens is 422 g/mol. The number of anilines is 1. The van der Waals surface area contributed by atoms with Gasteiger partial charge in [-0.3, -0.25) is 14.9 Å². The number of benzene rings is 1. The Morgan fingerprint density at radius 3 is 2.65 bits per heavy atom. The molecule has 9 heteroatoms. The van der Waals surface area contributed by atoms with Crippen LogP contribution in [0.4, 0.5) is 5.69 Å². The summed E-state index contributed by atoms with van der Waals surface area (Å²) in [5.74, 6) is -0.617. The second kappa shape index (κ2) is 10.0. The molecule has 3 N–H and O–H groups in total. The van der Waals surface area contributed by atoms with E-state index in [0.717, 1.165) is 0 Å². The predicted octanol–water partition coefficient (Wildman–Crippen LogP) is 2.94. The minimum absolute atomic E-state index is 0.0576. The van der Waals surface area contributed by atoms with Gasteiger partial charge < -0.3 is 19.8 Å². The molecule has 0 spiro atoms. The van der Waals surface area contributed by atoms with Crippen molar-refractivity contribution < 1.29 is 18.7 Å². The molecule has 0 bridgehead atoms. The van der Waals surface area contributed by atoms with E-state index < -0.39 is 5.91 Å². The quantitative estimate of drug-likeness (QED) is 0.453. The monoisotopic (exact) mass is 439 g/mol. The number of hydrogen-bond acceptors (Lipinski definition) is 5. The maximum absolute atomic E-state index is 12.3. The molecule has 138 valence electrons. The number of carbonyl (C=O) groups is 2. The summed E-state index contributed by atoms with van der Waals surface area (Å²) in [5, 5.41) is 8.23. The van der Waals surface area contributed by atoms with Gasteiger partial charge in [0.15, 0.2) is 15.5 Å². The Bertz CT molecular complexity index is 794. The van der Waals surface area contributed by atoms with Crippen molar-refractivity contribution in [3.8, 4) is 0 Å². The molecular formula is C17H18BrN3O4S. The second-order valence-corrected chi connectivity index (χ2v) is 6.35. The van der Waals surface area contributed by atoms with Gasteiger partial charge in [-0.25, -0.2) is 0 Å². The number of furan rings is 1. The number of halogens is 1. The van der Waals surface area contributed by atoms with Crippen LogP contribution in [0.25, 0.3) is 0 Å². The Kier molecular flexibility index (Phi) is 7.76. The van der Waals surface area contributed by atoms with Crippen LogP contribution >= 0.6 is 28.1 Å². The van der Waals surface area contributed by atoms with E-state index >= 15 is 0 Å². The number of methoxy groups -OCH3 is 1. The summed E-state index contributed by atoms with van der Waals surface area (Å²) in [7, 11) is 1.61. The first kappa shape index (κ1) is 20.1. The number of nitrogens with one attached hydrogen (secondary N) is 3. The molecule has 0 unspecified atom stereocenters. The highest BCUT2D eigenvalue weighted by molar-refractivity contribution is 9.10. The first-order chi connectivity index (χ1) is 12.5. The van der Waals surface area contributed by atoms with Crippen molar-refractivity contribution in [2.75, 3.05) is 25.6 Å². The lowest BCUT2D eigenvalue weighted by atomic mass is 10.1. The molecule has 0 radical (unpaired) electrons. The van der Waals surface area contributed by atoms with E-state index in [1.165, 1.54) is 6.07 Å². The molecule has 0 aliphatic carbocycles. The van der Waals surface area contributed by atoms with Gasteiger partial charge in [-0.2, -0.15) is 0 Å². The lowest BCUT2D eigenvalue weighted by Crippen LogP contribution is -2.35. The molecule has 0 aliphatic rings. The highest BCUT2D eigenvalue weighted by atomic mass is 79.9. The molecule has 1 heterocycles. The third-order valence-electron chi connectivity index (χ3n) is 3.25. The van der Waals surface area contributed by atoms with E-state index in [2.05, 4.69) is 31.9 Å². The summed E-state index contributed by atoms with van der Waals surface area (Å²) >= 11 is 8.27. The number of thiocarbonyl (C=S) groups is 1. The number of para-hydroxylation sites is 1. The summed E-state index contributed by atoms with van der Waals surface area (Å²) in [5.41, 5.74) is 0.907. The molecule has 2 amide bonds. The van der Waals surface area contributed by atoms with Gasteiger partial charge in [-0.15, -0.1) is 0 Å². The summed E-state index contributed by atoms with van der Waals surface area (Å²) in [6, 6.07) is 10.0. The van der Waals surface area contributed by atoms with Crippen molar-refractivity contribution in [2.45, 2.75) is 6.42 Å². The first-order valence-electron chi connectivity index (χ1n) is 7.75. The van der Waals surface area contributed by atoms with E-state index in [-0.39, 0.29) is 16.8 Å². The van der Waals surface area contributed by atoms with Crippen LogP contribution < -0.4 is 16.0 Å². The topological polar surface area (TPSA) is 92.6 Å². The first-order valence-corrected chi connectivity index (χ1v) is 8.95. The van der Waals surface area contributed by atoms with Crippen LogP contribution in [0.2, 0.25) is 0 Å². The van der Waals surface area contributed by atoms with Gasteiger partial charge in [-0.05, 0) is 58.8 Å². The molecule has 1 aromatic heterocycles. The van der Waals surface area contributed by atoms with Crippen molar-refractivity contribution in [2.24, 2.45) is 0 Å². The fraction of sp³-hybridized carbons (Fsp3) is 0.235. The summed E-state index contributed by atoms with van der Waals surface area (Å²) < 4.78 is 10.6. The number of amides is 2. The third-order valence-corrected chi connectivity index (χ3v) is 3.89. The van der Waals surface area contributed by atoms with E-state index in [9.17, 15) is 9.59 Å². The molecule has 0 atom stereocenters. The average Bonchev–Trinajstić information content (AvgIpc) is 3.05. The van der Waals surface area contributed by atoms with Gasteiger partial charge in [-0.1, -0.05) is 12.1 Å². The maximum atomic E-state index is 12.3. The normalized spacial score (nSPS) is 10.2. The largest absolute Gasteiger partial charge is 0.444 e. The van der Waals surface area contributed by atoms with Gasteiger partial charge >= 0.3 is 0 Å². The average molecular weight is 440 g/mol. The highest BCUT2D eigenvalue weighted by Gasteiger charge is 2.15. The van der Waals surface area contributed by atoms with Gasteiger partial charge in [0.05, 0.1) is 11.3 Å². The Hall–Kier alpha value is -2.23. The smallest absolute Gasteiger partial charge is 0.293 e. The molecule has 2 rings (SSSR count). The molecule has 0 fully saturated rings. The Morgan fingerprint density at radius 1 is 1.19 bits per heavy atom. The van der Waals surface area contributed by atoms with Crippen molar-refractivity contribution in [3.63, 3.8) is 0 Å². The fourth-order valence-corrected chi connectivity index (χ4v) is 2.57. The maximum Gasteiger partial charge on any atom is 0.293 e. The van der Waals surface area contributed by atoms with E-state index in [1.807, 2.05) is 0 Å². The van der Waals surface area contributed by atoms with Crippen molar-refractivity contribution in [1.29, 1.82) is 0 Å². The highest BCUT2D eigenvalue weighted by Crippen LogP contribution is 2.16. The molecule has 2 aromatic rings. The number of carbonyl (C=O) groups excluding carboxylic acids is 2. The summed E-state index contributed by atoms with van der Waals surface area (Å²) in [6.45, 7) is 1.06. The number of hydrogen-bond donors (Lipinski definition) is 3. The summed E-state index contributed by atoms with van der Waals surface area (Å²) in [6.07, 6.45) is 0.713. The van der Waals surface area contributed by atoms with Crippen molar-refractivity contribution >= 4 is 50.8 Å². The zero-order valence-electron chi connectivity index (χ0n) is 14.0. The fourth-order valence-electron chi connectivity index (χ4n) is 2.06. The molecule has 1 aromatic carbocycles. The van der Waals surface area contributed by atoms with Crippen molar-refractivity contribution in [3.05, 3.63) is 52.4 Å². The van der Waals surface area contributed by atoms with Gasteiger partial charge in [0.1, 0.15) is 0 Å². The molecule has 0 saturated carbocycles. The van der Waals surface area contributed by atoms with Crippen LogP contribution in [0.15, 0.2) is 45.5 Å². The zero-order valence-corrected chi connectivity index (χ0v) is 16.4. The van der Waals surface area contributed by atoms with Gasteiger partial charge in [0.25, 0.3) is 11.8 Å². The lowest BCUT2D eigenvalue weighted by molar-refractivity contribution is 0.0942. The van der Waals surface area contributed by atoms with Crippen LogP contribution in [-0.2, 0) is 4.74 Å². The van der Waals surface area contributed by atoms with Crippen LogP contribution in [0, 0.1) is 0 Å². The SMILES string of the molecule is COCCCNC(=O)c1ccccc1NC(=S)NC(=O)c1ccc(Br)o1. The van der Waals surface area contributed by atoms with Crippen LogP contribution in [0.3, 0.4) is 0 Å². The minimum Gasteiger partial charge on any atom is -0.444 e. The zero-order chi connectivity index (χ0) is 18.9. The standard InChI is InChI=1S/C17H18BrN3O4S/c1-24-10-4-9-19-15(22)11-5-2-3-6-12(11)20-17(26)21-16(23)13-7-8-14(18)25-13/h2-3,5-8H,4,9-10H2,1H3,(H,19,22)(H2,20,21,23,26). The second-order valence-electron chi connectivity index (χ2n) is 5.16. The van der Waals surface area contributed by atoms with Gasteiger partial charge in [0.2, 0.25) is 0 Å². The van der Waals surface area contributed by atoms with Gasteiger partial charge in [0, 0.05) is 20.3 Å².